The average Bonchev–Trinajstić information content (AvgIpc) is 3.19. The number of nitrogens with two attached hydrogens (primary N) is 1. The van der Waals surface area contributed by atoms with Crippen LogP contribution < -0.4 is 10.7 Å². The number of hydrazone groups is 1. The van der Waals surface area contributed by atoms with Crippen LogP contribution in [0.4, 0.5) is 5.13 Å². The van der Waals surface area contributed by atoms with Gasteiger partial charge in [-0.15, -0.1) is 11.3 Å². The largest absolute Gasteiger partial charge is 0.481 e. The van der Waals surface area contributed by atoms with E-state index in [4.69, 9.17) is 21.0 Å². The molecule has 0 bridgehead atoms. The van der Waals surface area contributed by atoms with Crippen LogP contribution in [0.5, 0.6) is 0 Å². The number of carboxylic acids is 2. The van der Waals surface area contributed by atoms with Gasteiger partial charge in [0.2, 0.25) is 0 Å². The molecule has 0 atom stereocenters. The minimum atomic E-state index is -0.850. The molecule has 30 heavy (non-hydrogen) atoms. The van der Waals surface area contributed by atoms with E-state index < -0.39 is 11.9 Å². The van der Waals surface area contributed by atoms with Gasteiger partial charge in [-0.2, -0.15) is 5.10 Å². The Bertz CT molecular complexity index is 891. The number of hydrogen-bond donors (Lipinski definition) is 3. The van der Waals surface area contributed by atoms with Crippen molar-refractivity contribution >= 4 is 34.6 Å². The van der Waals surface area contributed by atoms with E-state index in [1.165, 1.54) is 11.3 Å². The SMILES string of the molecule is N/N=C/c1ccc(-c2csc(N(CCC(=O)O)C3CCN(CC(=O)O)CC3)n2)cc1. The number of aliphatic carboxylic acids is 2. The van der Waals surface area contributed by atoms with E-state index in [9.17, 15) is 9.59 Å². The van der Waals surface area contributed by atoms with Crippen molar-refractivity contribution in [2.24, 2.45) is 10.9 Å². The Morgan fingerprint density at radius 3 is 2.53 bits per heavy atom. The second-order valence-corrected chi connectivity index (χ2v) is 7.99. The molecule has 1 aromatic heterocycles. The maximum absolute atomic E-state index is 11.2. The van der Waals surface area contributed by atoms with Gasteiger partial charge in [0.05, 0.1) is 24.9 Å². The number of anilines is 1. The molecule has 1 fully saturated rings. The number of rotatable bonds is 9. The first kappa shape index (κ1) is 21.7. The molecule has 10 heteroatoms. The summed E-state index contributed by atoms with van der Waals surface area (Å²) in [5.74, 6) is 3.50. The number of nitrogens with zero attached hydrogens (tertiary/aromatic N) is 4. The number of piperidine rings is 1. The van der Waals surface area contributed by atoms with Crippen LogP contribution in [0.1, 0.15) is 24.8 Å². The third-order valence-corrected chi connectivity index (χ3v) is 5.97. The number of likely N-dealkylation sites (tertiary alicyclic amines) is 1. The normalized spacial score (nSPS) is 15.5. The molecule has 2 heterocycles. The van der Waals surface area contributed by atoms with Gasteiger partial charge in [0.1, 0.15) is 0 Å². The summed E-state index contributed by atoms with van der Waals surface area (Å²) in [6.07, 6.45) is 3.14. The number of carbonyl (C=O) groups is 2. The molecule has 0 amide bonds. The molecule has 0 radical (unpaired) electrons. The monoisotopic (exact) mass is 431 g/mol. The third kappa shape index (κ3) is 5.77. The summed E-state index contributed by atoms with van der Waals surface area (Å²) in [4.78, 5) is 30.8. The van der Waals surface area contributed by atoms with Gasteiger partial charge in [0.25, 0.3) is 0 Å². The Labute approximate surface area is 178 Å². The van der Waals surface area contributed by atoms with E-state index in [2.05, 4.69) is 10.0 Å². The number of hydrogen-bond acceptors (Lipinski definition) is 8. The Balaban J connectivity index is 1.74. The topological polar surface area (TPSA) is 132 Å². The summed E-state index contributed by atoms with van der Waals surface area (Å²) < 4.78 is 0. The second-order valence-electron chi connectivity index (χ2n) is 7.15. The van der Waals surface area contributed by atoms with Crippen LogP contribution >= 0.6 is 11.3 Å². The zero-order valence-electron chi connectivity index (χ0n) is 16.5. The van der Waals surface area contributed by atoms with Gasteiger partial charge in [0, 0.05) is 36.6 Å². The number of benzene rings is 1. The molecule has 1 aromatic carbocycles. The highest BCUT2D eigenvalue weighted by molar-refractivity contribution is 7.14. The lowest BCUT2D eigenvalue weighted by Crippen LogP contribution is -2.47. The lowest BCUT2D eigenvalue weighted by molar-refractivity contribution is -0.139. The zero-order valence-corrected chi connectivity index (χ0v) is 17.3. The Morgan fingerprint density at radius 2 is 1.93 bits per heavy atom. The smallest absolute Gasteiger partial charge is 0.317 e. The second kappa shape index (κ2) is 10.2. The molecule has 9 nitrogen and oxygen atoms in total. The van der Waals surface area contributed by atoms with Crippen molar-refractivity contribution in [3.8, 4) is 11.3 Å². The maximum atomic E-state index is 11.2. The molecule has 160 valence electrons. The van der Waals surface area contributed by atoms with Gasteiger partial charge in [-0.05, 0) is 18.4 Å². The zero-order chi connectivity index (χ0) is 21.5. The Morgan fingerprint density at radius 1 is 1.23 bits per heavy atom. The molecule has 1 aliphatic rings. The fourth-order valence-corrected chi connectivity index (χ4v) is 4.52. The summed E-state index contributed by atoms with van der Waals surface area (Å²) in [7, 11) is 0. The number of carboxylic acid groups (broad SMARTS) is 2. The molecular formula is C20H25N5O4S. The maximum Gasteiger partial charge on any atom is 0.317 e. The van der Waals surface area contributed by atoms with Gasteiger partial charge in [-0.3, -0.25) is 14.5 Å². The van der Waals surface area contributed by atoms with Crippen molar-refractivity contribution in [2.75, 3.05) is 31.1 Å². The third-order valence-electron chi connectivity index (χ3n) is 5.09. The first-order valence-electron chi connectivity index (χ1n) is 9.68. The molecule has 3 rings (SSSR count). The van der Waals surface area contributed by atoms with Crippen molar-refractivity contribution in [1.82, 2.24) is 9.88 Å². The summed E-state index contributed by atoms with van der Waals surface area (Å²) in [6.45, 7) is 1.75. The van der Waals surface area contributed by atoms with E-state index in [0.29, 0.717) is 19.6 Å². The minimum Gasteiger partial charge on any atom is -0.481 e. The Hall–Kier alpha value is -2.98. The summed E-state index contributed by atoms with van der Waals surface area (Å²) in [5.41, 5.74) is 2.68. The van der Waals surface area contributed by atoms with Crippen molar-refractivity contribution < 1.29 is 19.8 Å². The lowest BCUT2D eigenvalue weighted by Gasteiger charge is -2.37. The van der Waals surface area contributed by atoms with Gasteiger partial charge in [-0.25, -0.2) is 4.98 Å². The van der Waals surface area contributed by atoms with Crippen LogP contribution in [0.25, 0.3) is 11.3 Å². The predicted molar refractivity (Wildman–Crippen MR) is 116 cm³/mol. The standard InChI is InChI=1S/C20H25N5O4S/c21-22-11-14-1-3-15(4-2-14)17-13-30-20(23-17)25(10-7-18(26)27)16-5-8-24(9-6-16)12-19(28)29/h1-4,11,13,16H,5-10,12,21H2,(H,26,27)(H,28,29)/b22-11+. The van der Waals surface area contributed by atoms with Crippen LogP contribution in [-0.4, -0.2) is 70.5 Å². The highest BCUT2D eigenvalue weighted by Crippen LogP contribution is 2.31. The molecule has 2 aromatic rings. The number of thiazole rings is 1. The molecule has 0 spiro atoms. The molecule has 0 saturated carbocycles. The fraction of sp³-hybridized carbons (Fsp3) is 0.400. The highest BCUT2D eigenvalue weighted by atomic mass is 32.1. The molecule has 1 saturated heterocycles. The first-order valence-corrected chi connectivity index (χ1v) is 10.6. The van der Waals surface area contributed by atoms with Gasteiger partial charge >= 0.3 is 11.9 Å². The van der Waals surface area contributed by atoms with Crippen LogP contribution in [-0.2, 0) is 9.59 Å². The molecule has 4 N–H and O–H groups in total. The van der Waals surface area contributed by atoms with Gasteiger partial charge in [-0.1, -0.05) is 24.3 Å². The molecule has 0 aliphatic carbocycles. The Kier molecular flexibility index (Phi) is 7.36. The van der Waals surface area contributed by atoms with Gasteiger partial charge in [0.15, 0.2) is 5.13 Å². The van der Waals surface area contributed by atoms with Crippen LogP contribution in [0.2, 0.25) is 0 Å². The lowest BCUT2D eigenvalue weighted by atomic mass is 10.0. The van der Waals surface area contributed by atoms with E-state index >= 15 is 0 Å². The van der Waals surface area contributed by atoms with E-state index in [0.717, 1.165) is 34.8 Å². The average molecular weight is 432 g/mol. The van der Waals surface area contributed by atoms with Gasteiger partial charge < -0.3 is 21.0 Å². The van der Waals surface area contributed by atoms with Crippen molar-refractivity contribution in [2.45, 2.75) is 25.3 Å². The number of aromatic nitrogens is 1. The molecular weight excluding hydrogens is 406 g/mol. The summed E-state index contributed by atoms with van der Waals surface area (Å²) in [6, 6.07) is 7.84. The van der Waals surface area contributed by atoms with Crippen molar-refractivity contribution in [3.05, 3.63) is 35.2 Å². The van der Waals surface area contributed by atoms with Crippen LogP contribution in [0, 0.1) is 0 Å². The minimum absolute atomic E-state index is 0.0252. The van der Waals surface area contributed by atoms with E-state index in [1.807, 2.05) is 34.5 Å². The van der Waals surface area contributed by atoms with Crippen molar-refractivity contribution in [1.29, 1.82) is 0 Å². The van der Waals surface area contributed by atoms with Crippen LogP contribution in [0.15, 0.2) is 34.7 Å². The molecule has 1 aliphatic heterocycles. The first-order chi connectivity index (χ1) is 14.5. The van der Waals surface area contributed by atoms with E-state index in [1.54, 1.807) is 6.21 Å². The quantitative estimate of drug-likeness (QED) is 0.312. The highest BCUT2D eigenvalue weighted by Gasteiger charge is 2.27. The molecule has 0 unspecified atom stereocenters. The van der Waals surface area contributed by atoms with Crippen LogP contribution in [0.3, 0.4) is 0 Å². The predicted octanol–water partition coefficient (Wildman–Crippen LogP) is 1.93. The van der Waals surface area contributed by atoms with E-state index in [-0.39, 0.29) is 19.0 Å². The summed E-state index contributed by atoms with van der Waals surface area (Å²) in [5, 5.41) is 24.4. The van der Waals surface area contributed by atoms with Crippen molar-refractivity contribution in [3.63, 3.8) is 0 Å². The fourth-order valence-electron chi connectivity index (χ4n) is 3.59. The summed E-state index contributed by atoms with van der Waals surface area (Å²) >= 11 is 1.49.